The molecule has 0 N–H and O–H groups in total. The number of hydrogen-bond acceptors (Lipinski definition) is 3. The number of carbonyl (C=O) groups excluding carboxylic acids is 1. The van der Waals surface area contributed by atoms with Crippen LogP contribution in [0.2, 0.25) is 0 Å². The van der Waals surface area contributed by atoms with Crippen LogP contribution in [0.15, 0.2) is 36.5 Å². The van der Waals surface area contributed by atoms with E-state index in [9.17, 15) is 4.79 Å². The van der Waals surface area contributed by atoms with E-state index in [1.54, 1.807) is 0 Å². The lowest BCUT2D eigenvalue weighted by atomic mass is 10.2. The molecule has 2 fully saturated rings. The molecule has 0 heterocycles. The van der Waals surface area contributed by atoms with Crippen molar-refractivity contribution in [2.24, 2.45) is 11.3 Å². The zero-order valence-electron chi connectivity index (χ0n) is 14.3. The third kappa shape index (κ3) is 4.85. The predicted octanol–water partition coefficient (Wildman–Crippen LogP) is 5.95. The van der Waals surface area contributed by atoms with Gasteiger partial charge in [0.25, 0.3) is 0 Å². The molecule has 0 amide bonds. The second-order valence-corrected chi connectivity index (χ2v) is 8.02. The highest BCUT2D eigenvalue weighted by Crippen LogP contribution is 2.81. The number of rotatable bonds is 9. The van der Waals surface area contributed by atoms with Crippen molar-refractivity contribution in [2.75, 3.05) is 0 Å². The molecule has 0 aliphatic heterocycles. The van der Waals surface area contributed by atoms with Crippen LogP contribution < -0.4 is 0 Å². The Kier molecular flexibility index (Phi) is 6.34. The second-order valence-electron chi connectivity index (χ2n) is 6.79. The predicted molar refractivity (Wildman–Crippen MR) is 102 cm³/mol. The largest absolute Gasteiger partial charge is 0.509 e. The molecule has 2 aliphatic rings. The van der Waals surface area contributed by atoms with E-state index in [1.807, 2.05) is 13.8 Å². The molecule has 0 saturated heterocycles. The highest BCUT2D eigenvalue weighted by atomic mass is 127. The molecule has 0 radical (unpaired) electrons. The van der Waals surface area contributed by atoms with E-state index < -0.39 is 6.16 Å². The van der Waals surface area contributed by atoms with E-state index in [2.05, 4.69) is 66.0 Å². The minimum atomic E-state index is -0.520. The fraction of sp³-hybridized carbons (Fsp3) is 0.632. The highest BCUT2D eigenvalue weighted by molar-refractivity contribution is 14.1. The number of allylic oxidation sites excluding steroid dienone is 5. The van der Waals surface area contributed by atoms with Crippen LogP contribution in [0.3, 0.4) is 0 Å². The minimum Gasteiger partial charge on any atom is -0.427 e. The maximum absolute atomic E-state index is 11.8. The lowest BCUT2D eigenvalue weighted by molar-refractivity contribution is 0.0212. The summed E-state index contributed by atoms with van der Waals surface area (Å²) in [5, 5.41) is 0. The average Bonchev–Trinajstić information content (AvgIpc) is 3.27. The monoisotopic (exact) mass is 430 g/mol. The first-order valence-electron chi connectivity index (χ1n) is 8.46. The molecular formula is C19H27IO3. The Morgan fingerprint density at radius 2 is 1.74 bits per heavy atom. The van der Waals surface area contributed by atoms with Crippen molar-refractivity contribution in [1.82, 2.24) is 0 Å². The molecule has 0 bridgehead atoms. The van der Waals surface area contributed by atoms with E-state index in [1.165, 1.54) is 0 Å². The summed E-state index contributed by atoms with van der Waals surface area (Å²) in [6, 6.07) is 0. The van der Waals surface area contributed by atoms with Crippen LogP contribution in [0.1, 0.15) is 52.9 Å². The van der Waals surface area contributed by atoms with Gasteiger partial charge in [0.1, 0.15) is 5.60 Å². The molecule has 0 aromatic carbocycles. The quantitative estimate of drug-likeness (QED) is 0.196. The average molecular weight is 430 g/mol. The van der Waals surface area contributed by atoms with Crippen LogP contribution in [-0.2, 0) is 9.47 Å². The van der Waals surface area contributed by atoms with Gasteiger partial charge in [-0.25, -0.2) is 4.79 Å². The van der Waals surface area contributed by atoms with E-state index in [-0.39, 0.29) is 15.1 Å². The van der Waals surface area contributed by atoms with E-state index in [0.29, 0.717) is 5.92 Å². The van der Waals surface area contributed by atoms with E-state index in [0.717, 1.165) is 32.1 Å². The first-order valence-corrected chi connectivity index (χ1v) is 9.71. The van der Waals surface area contributed by atoms with Crippen molar-refractivity contribution in [3.63, 3.8) is 0 Å². The van der Waals surface area contributed by atoms with Crippen LogP contribution >= 0.6 is 22.6 Å². The first-order chi connectivity index (χ1) is 10.9. The van der Waals surface area contributed by atoms with Crippen LogP contribution in [0, 0.1) is 11.3 Å². The highest BCUT2D eigenvalue weighted by Gasteiger charge is 2.85. The Balaban J connectivity index is 1.65. The van der Waals surface area contributed by atoms with Crippen molar-refractivity contribution in [1.29, 1.82) is 0 Å². The van der Waals surface area contributed by atoms with E-state index >= 15 is 0 Å². The van der Waals surface area contributed by atoms with Gasteiger partial charge in [0.15, 0.2) is 4.11 Å². The molecule has 2 aliphatic carbocycles. The van der Waals surface area contributed by atoms with Gasteiger partial charge in [0, 0.05) is 18.3 Å². The molecule has 0 aromatic rings. The summed E-state index contributed by atoms with van der Waals surface area (Å²) in [4.78, 5) is 11.8. The fourth-order valence-electron chi connectivity index (χ4n) is 2.64. The molecule has 0 aromatic heterocycles. The summed E-state index contributed by atoms with van der Waals surface area (Å²) >= 11 is 2.13. The van der Waals surface area contributed by atoms with Gasteiger partial charge in [-0.1, -0.05) is 57.2 Å². The minimum absolute atomic E-state index is 0.112. The van der Waals surface area contributed by atoms with Crippen LogP contribution in [0.4, 0.5) is 4.79 Å². The van der Waals surface area contributed by atoms with Crippen molar-refractivity contribution in [2.45, 2.75) is 62.6 Å². The Morgan fingerprint density at radius 3 is 2.35 bits per heavy atom. The third-order valence-electron chi connectivity index (χ3n) is 4.42. The van der Waals surface area contributed by atoms with Gasteiger partial charge < -0.3 is 9.47 Å². The van der Waals surface area contributed by atoms with Crippen LogP contribution in [-0.4, -0.2) is 15.9 Å². The van der Waals surface area contributed by atoms with Gasteiger partial charge in [-0.05, 0) is 47.8 Å². The maximum Gasteiger partial charge on any atom is 0.509 e. The lowest BCUT2D eigenvalue weighted by Gasteiger charge is -2.15. The smallest absolute Gasteiger partial charge is 0.427 e. The lowest BCUT2D eigenvalue weighted by Crippen LogP contribution is -2.20. The summed E-state index contributed by atoms with van der Waals surface area (Å²) in [6.07, 6.45) is 17.5. The zero-order chi connectivity index (χ0) is 16.9. The Bertz CT molecular complexity index is 499. The first kappa shape index (κ1) is 18.6. The standard InChI is InChI=1S/C19H27IO3/c1-4-5-6-7-8-9-10-11-12-18-13-19(18,14-18)23-17(21)22-16(20)15(2)3/h5-6,8-9,11-12,15-16H,4,7,10,13-14H2,1-3H3/b6-5-,9-8-,12-11-. The van der Waals surface area contributed by atoms with Gasteiger partial charge in [-0.3, -0.25) is 0 Å². The molecule has 2 rings (SSSR count). The molecule has 4 heteroatoms. The Morgan fingerprint density at radius 1 is 1.13 bits per heavy atom. The fourth-order valence-corrected chi connectivity index (χ4v) is 2.85. The number of ether oxygens (including phenoxy) is 2. The molecular weight excluding hydrogens is 403 g/mol. The maximum atomic E-state index is 11.8. The molecule has 128 valence electrons. The summed E-state index contributed by atoms with van der Waals surface area (Å²) < 4.78 is 10.7. The number of hydrogen-bond donors (Lipinski definition) is 0. The number of halogens is 1. The molecule has 23 heavy (non-hydrogen) atoms. The molecule has 1 atom stereocenters. The van der Waals surface area contributed by atoms with E-state index in [4.69, 9.17) is 9.47 Å². The van der Waals surface area contributed by atoms with Gasteiger partial charge in [-0.2, -0.15) is 0 Å². The summed E-state index contributed by atoms with van der Waals surface area (Å²) in [6.45, 7) is 6.19. The van der Waals surface area contributed by atoms with Crippen molar-refractivity contribution in [3.8, 4) is 0 Å². The second kappa shape index (κ2) is 7.86. The molecule has 2 saturated carbocycles. The van der Waals surface area contributed by atoms with Gasteiger partial charge in [0.05, 0.1) is 0 Å². The van der Waals surface area contributed by atoms with Gasteiger partial charge in [-0.15, -0.1) is 0 Å². The molecule has 3 nitrogen and oxygen atoms in total. The van der Waals surface area contributed by atoms with Crippen molar-refractivity contribution < 1.29 is 14.3 Å². The number of carbonyl (C=O) groups is 1. The number of alkyl halides is 1. The zero-order valence-corrected chi connectivity index (χ0v) is 16.4. The Hall–Kier alpha value is -0.780. The Labute approximate surface area is 153 Å². The van der Waals surface area contributed by atoms with Gasteiger partial charge >= 0.3 is 6.16 Å². The van der Waals surface area contributed by atoms with Crippen molar-refractivity contribution >= 4 is 28.7 Å². The summed E-state index contributed by atoms with van der Waals surface area (Å²) in [5.74, 6) is 0.294. The SMILES string of the molecule is CC/C=C\C/C=C\C/C=C\C12CC1(OC(=O)OC(I)C(C)C)C2. The van der Waals surface area contributed by atoms with Crippen LogP contribution in [0.5, 0.6) is 0 Å². The molecule has 0 spiro atoms. The summed E-state index contributed by atoms with van der Waals surface area (Å²) in [7, 11) is 0. The van der Waals surface area contributed by atoms with Gasteiger partial charge in [0.2, 0.25) is 0 Å². The third-order valence-corrected chi connectivity index (χ3v) is 6.11. The van der Waals surface area contributed by atoms with Crippen molar-refractivity contribution in [3.05, 3.63) is 36.5 Å². The van der Waals surface area contributed by atoms with Crippen LogP contribution in [0.25, 0.3) is 0 Å². The topological polar surface area (TPSA) is 35.5 Å². The normalized spacial score (nSPS) is 30.1. The summed E-state index contributed by atoms with van der Waals surface area (Å²) in [5.41, 5.74) is -0.137. The number of fused-ring (bicyclic) bond motifs is 1. The molecule has 1 unspecified atom stereocenters.